The fourth-order valence-electron chi connectivity index (χ4n) is 2.66. The first kappa shape index (κ1) is 17.1. The summed E-state index contributed by atoms with van der Waals surface area (Å²) in [6.45, 7) is 2.40. The molecule has 2 heterocycles. The van der Waals surface area contributed by atoms with Gasteiger partial charge in [-0.05, 0) is 23.4 Å². The number of non-ortho nitro benzene ring substituents is 1. The molecule has 7 nitrogen and oxygen atoms in total. The molecule has 1 unspecified atom stereocenters. The molecule has 128 valence electrons. The fraction of sp³-hybridized carbons (Fsp3) is 0.467. The number of ether oxygens (including phenoxy) is 1. The van der Waals surface area contributed by atoms with Crippen molar-refractivity contribution in [1.29, 1.82) is 0 Å². The largest absolute Gasteiger partial charge is 0.459 e. The van der Waals surface area contributed by atoms with Crippen LogP contribution >= 0.6 is 23.5 Å². The maximum absolute atomic E-state index is 12.6. The Bertz CT molecular complexity index is 681. The summed E-state index contributed by atoms with van der Waals surface area (Å²) in [4.78, 5) is 36.1. The van der Waals surface area contributed by atoms with E-state index in [-0.39, 0.29) is 29.5 Å². The Balaban J connectivity index is 1.64. The van der Waals surface area contributed by atoms with Gasteiger partial charge in [-0.1, -0.05) is 6.92 Å². The molecule has 1 aromatic carbocycles. The van der Waals surface area contributed by atoms with Crippen LogP contribution in [0, 0.1) is 10.1 Å². The summed E-state index contributed by atoms with van der Waals surface area (Å²) in [5.41, 5.74) is 0.685. The number of rotatable bonds is 6. The lowest BCUT2D eigenvalue weighted by Crippen LogP contribution is -2.48. The second-order valence-corrected chi connectivity index (χ2v) is 8.78. The predicted octanol–water partition coefficient (Wildman–Crippen LogP) is 2.39. The van der Waals surface area contributed by atoms with Crippen molar-refractivity contribution in [3.8, 4) is 0 Å². The molecule has 24 heavy (non-hydrogen) atoms. The number of amides is 1. The lowest BCUT2D eigenvalue weighted by Gasteiger charge is -2.32. The molecule has 0 spiro atoms. The molecule has 3 rings (SSSR count). The maximum atomic E-state index is 12.6. The Hall–Kier alpha value is -1.74. The summed E-state index contributed by atoms with van der Waals surface area (Å²) >= 11 is 2.98. The summed E-state index contributed by atoms with van der Waals surface area (Å²) in [5, 5.41) is 10.7. The zero-order valence-corrected chi connectivity index (χ0v) is 14.6. The number of hydrogen-bond donors (Lipinski definition) is 0. The van der Waals surface area contributed by atoms with E-state index >= 15 is 0 Å². The number of benzene rings is 1. The van der Waals surface area contributed by atoms with Crippen LogP contribution in [-0.4, -0.2) is 43.5 Å². The third kappa shape index (κ3) is 3.10. The normalized spacial score (nSPS) is 25.1. The zero-order valence-electron chi connectivity index (χ0n) is 13.0. The highest BCUT2D eigenvalue weighted by molar-refractivity contribution is 8.19. The Kier molecular flexibility index (Phi) is 4.73. The molecule has 2 aliphatic heterocycles. The molecule has 9 heteroatoms. The second-order valence-electron chi connectivity index (χ2n) is 5.48. The van der Waals surface area contributed by atoms with Crippen molar-refractivity contribution in [3.05, 3.63) is 39.9 Å². The monoisotopic (exact) mass is 368 g/mol. The van der Waals surface area contributed by atoms with Crippen LogP contribution in [0.5, 0.6) is 0 Å². The van der Waals surface area contributed by atoms with Gasteiger partial charge in [0.1, 0.15) is 6.61 Å². The number of β-lactam (4-membered cyclic amide) rings is 1. The topological polar surface area (TPSA) is 89.8 Å². The van der Waals surface area contributed by atoms with Crippen molar-refractivity contribution >= 4 is 41.1 Å². The maximum Gasteiger partial charge on any atom is 0.334 e. The summed E-state index contributed by atoms with van der Waals surface area (Å²) < 4.78 is 4.67. The van der Waals surface area contributed by atoms with Gasteiger partial charge < -0.3 is 9.64 Å². The van der Waals surface area contributed by atoms with Gasteiger partial charge in [0.15, 0.2) is 4.08 Å². The van der Waals surface area contributed by atoms with E-state index in [2.05, 4.69) is 0 Å². The van der Waals surface area contributed by atoms with E-state index in [1.165, 1.54) is 35.7 Å². The molecular weight excluding hydrogens is 352 g/mol. The van der Waals surface area contributed by atoms with Gasteiger partial charge in [-0.3, -0.25) is 14.9 Å². The summed E-state index contributed by atoms with van der Waals surface area (Å²) in [7, 11) is 0. The molecule has 1 aromatic rings. The number of nitro benzene ring substituents is 1. The number of thioether (sulfide) groups is 2. The number of nitro groups is 1. The van der Waals surface area contributed by atoms with E-state index in [1.807, 2.05) is 6.92 Å². The van der Waals surface area contributed by atoms with E-state index in [1.54, 1.807) is 17.0 Å². The Morgan fingerprint density at radius 2 is 2.21 bits per heavy atom. The number of nitrogens with zero attached hydrogens (tertiary/aromatic N) is 2. The lowest BCUT2D eigenvalue weighted by molar-refractivity contribution is -0.384. The first-order chi connectivity index (χ1) is 11.4. The van der Waals surface area contributed by atoms with Gasteiger partial charge in [0.2, 0.25) is 5.91 Å². The Morgan fingerprint density at radius 3 is 2.75 bits per heavy atom. The van der Waals surface area contributed by atoms with Crippen molar-refractivity contribution in [3.63, 3.8) is 0 Å². The Labute approximate surface area is 147 Å². The molecule has 2 aliphatic rings. The highest BCUT2D eigenvalue weighted by Crippen LogP contribution is 2.52. The SMILES string of the molecule is CCSC1(C(=O)OCc2ccc([N+](=O)[O-])cc2)CN2C(=O)C[C@H]2S1. The molecule has 0 radical (unpaired) electrons. The van der Waals surface area contributed by atoms with E-state index in [0.717, 1.165) is 5.75 Å². The van der Waals surface area contributed by atoms with Gasteiger partial charge in [0.05, 0.1) is 23.3 Å². The van der Waals surface area contributed by atoms with E-state index < -0.39 is 9.00 Å². The Morgan fingerprint density at radius 1 is 1.50 bits per heavy atom. The number of esters is 1. The van der Waals surface area contributed by atoms with Gasteiger partial charge >= 0.3 is 5.97 Å². The number of carbonyl (C=O) groups excluding carboxylic acids is 2. The summed E-state index contributed by atoms with van der Waals surface area (Å²) in [6, 6.07) is 5.91. The standard InChI is InChI=1S/C15H16N2O5S2/c1-2-23-15(9-16-12(18)7-13(16)24-15)14(19)22-8-10-3-5-11(6-4-10)17(20)21/h3-6,13H,2,7-9H2,1H3/t13-,15?/m1/s1. The number of hydrogen-bond acceptors (Lipinski definition) is 7. The minimum absolute atomic E-state index is 0.00248. The number of fused-ring (bicyclic) bond motifs is 1. The molecule has 2 saturated heterocycles. The third-order valence-electron chi connectivity index (χ3n) is 3.93. The van der Waals surface area contributed by atoms with Crippen LogP contribution in [0.2, 0.25) is 0 Å². The van der Waals surface area contributed by atoms with Gasteiger partial charge in [0, 0.05) is 12.1 Å². The average molecular weight is 368 g/mol. The van der Waals surface area contributed by atoms with E-state index in [9.17, 15) is 19.7 Å². The minimum Gasteiger partial charge on any atom is -0.459 e. The van der Waals surface area contributed by atoms with Crippen molar-refractivity contribution in [2.45, 2.75) is 29.4 Å². The fourth-order valence-corrected chi connectivity index (χ4v) is 5.84. The zero-order chi connectivity index (χ0) is 17.3. The van der Waals surface area contributed by atoms with E-state index in [4.69, 9.17) is 4.74 Å². The second kappa shape index (κ2) is 6.64. The van der Waals surface area contributed by atoms with Crippen molar-refractivity contribution in [2.75, 3.05) is 12.3 Å². The van der Waals surface area contributed by atoms with Crippen molar-refractivity contribution in [2.24, 2.45) is 0 Å². The van der Waals surface area contributed by atoms with Gasteiger partial charge in [-0.2, -0.15) is 0 Å². The van der Waals surface area contributed by atoms with E-state index in [0.29, 0.717) is 18.5 Å². The van der Waals surface area contributed by atoms with Gasteiger partial charge in [0.25, 0.3) is 5.69 Å². The minimum atomic E-state index is -0.771. The quantitative estimate of drug-likeness (QED) is 0.330. The van der Waals surface area contributed by atoms with Crippen LogP contribution in [0.1, 0.15) is 18.9 Å². The molecule has 0 aromatic heterocycles. The van der Waals surface area contributed by atoms with Gasteiger partial charge in [-0.25, -0.2) is 4.79 Å². The molecule has 2 atom stereocenters. The third-order valence-corrected chi connectivity index (χ3v) is 6.99. The van der Waals surface area contributed by atoms with Crippen LogP contribution < -0.4 is 0 Å². The van der Waals surface area contributed by atoms with Crippen molar-refractivity contribution in [1.82, 2.24) is 4.90 Å². The smallest absolute Gasteiger partial charge is 0.334 e. The average Bonchev–Trinajstić information content (AvgIpc) is 2.87. The number of carbonyl (C=O) groups is 2. The van der Waals surface area contributed by atoms with Crippen LogP contribution in [0.3, 0.4) is 0 Å². The summed E-state index contributed by atoms with van der Waals surface area (Å²) in [5.74, 6) is 0.475. The molecular formula is C15H16N2O5S2. The first-order valence-electron chi connectivity index (χ1n) is 7.47. The lowest BCUT2D eigenvalue weighted by atomic mass is 10.2. The molecule has 0 aliphatic carbocycles. The van der Waals surface area contributed by atoms with Crippen LogP contribution in [-0.2, 0) is 20.9 Å². The highest BCUT2D eigenvalue weighted by Gasteiger charge is 2.57. The first-order valence-corrected chi connectivity index (χ1v) is 9.33. The molecule has 1 amide bonds. The molecule has 0 N–H and O–H groups in total. The van der Waals surface area contributed by atoms with Crippen LogP contribution in [0.25, 0.3) is 0 Å². The van der Waals surface area contributed by atoms with Gasteiger partial charge in [-0.15, -0.1) is 23.5 Å². The van der Waals surface area contributed by atoms with Crippen LogP contribution in [0.15, 0.2) is 24.3 Å². The highest BCUT2D eigenvalue weighted by atomic mass is 32.2. The van der Waals surface area contributed by atoms with Crippen molar-refractivity contribution < 1.29 is 19.2 Å². The predicted molar refractivity (Wildman–Crippen MR) is 91.5 cm³/mol. The van der Waals surface area contributed by atoms with Crippen LogP contribution in [0.4, 0.5) is 5.69 Å². The summed E-state index contributed by atoms with van der Waals surface area (Å²) in [6.07, 6.45) is 0.478. The molecule has 2 fully saturated rings. The molecule has 0 bridgehead atoms. The molecule has 0 saturated carbocycles.